The van der Waals surface area contributed by atoms with Gasteiger partial charge in [-0.15, -0.1) is 0 Å². The Labute approximate surface area is 133 Å². The highest BCUT2D eigenvalue weighted by Crippen LogP contribution is 2.00. The first-order valence-corrected chi connectivity index (χ1v) is 6.64. The second-order valence-corrected chi connectivity index (χ2v) is 4.65. The topological polar surface area (TPSA) is 162 Å². The van der Waals surface area contributed by atoms with Crippen molar-refractivity contribution in [1.82, 2.24) is 5.32 Å². The minimum atomic E-state index is -1.21. The van der Waals surface area contributed by atoms with Gasteiger partial charge in [0, 0.05) is 0 Å². The Morgan fingerprint density at radius 1 is 1.09 bits per heavy atom. The van der Waals surface area contributed by atoms with E-state index in [0.29, 0.717) is 0 Å². The van der Waals surface area contributed by atoms with Crippen molar-refractivity contribution in [3.05, 3.63) is 35.9 Å². The van der Waals surface area contributed by atoms with Crippen LogP contribution in [0.2, 0.25) is 0 Å². The number of alkyl carbamates (subject to hydrolysis) is 1. The van der Waals surface area contributed by atoms with Gasteiger partial charge >= 0.3 is 12.1 Å². The Morgan fingerprint density at radius 2 is 1.61 bits per heavy atom. The van der Waals surface area contributed by atoms with E-state index in [9.17, 15) is 9.59 Å². The van der Waals surface area contributed by atoms with Crippen molar-refractivity contribution in [3.8, 4) is 0 Å². The summed E-state index contributed by atoms with van der Waals surface area (Å²) in [6.45, 7) is -1.51. The third-order valence-corrected chi connectivity index (χ3v) is 2.54. The van der Waals surface area contributed by atoms with Crippen LogP contribution in [-0.2, 0) is 16.1 Å². The predicted octanol–water partition coefficient (Wildman–Crippen LogP) is -1.34. The first kappa shape index (κ1) is 20.8. The van der Waals surface area contributed by atoms with Crippen LogP contribution in [0.4, 0.5) is 4.79 Å². The molecular weight excluding hydrogens is 308 g/mol. The number of nitrogens with two attached hydrogens (primary N) is 1. The van der Waals surface area contributed by atoms with E-state index in [1.165, 1.54) is 0 Å². The minimum absolute atomic E-state index is 0.131. The molecule has 0 saturated carbocycles. The lowest BCUT2D eigenvalue weighted by molar-refractivity contribution is -0.135. The Balaban J connectivity index is 0.000000515. The van der Waals surface area contributed by atoms with E-state index in [-0.39, 0.29) is 6.61 Å². The van der Waals surface area contributed by atoms with Gasteiger partial charge in [0.25, 0.3) is 0 Å². The van der Waals surface area contributed by atoms with E-state index >= 15 is 0 Å². The number of carbonyl (C=O) groups excluding carboxylic acids is 1. The number of hydrogen-bond donors (Lipinski definition) is 6. The van der Waals surface area contributed by atoms with E-state index in [1.807, 2.05) is 30.3 Å². The number of aliphatic carboxylic acids is 1. The number of carboxylic acids is 1. The molecule has 0 unspecified atom stereocenters. The first-order valence-electron chi connectivity index (χ1n) is 6.64. The number of amides is 1. The SMILES string of the molecule is NC(CO)(CO)CO.O=C(O)CNC(=O)OCc1ccccc1. The number of hydrogen-bond acceptors (Lipinski definition) is 7. The fourth-order valence-corrected chi connectivity index (χ4v) is 1.07. The van der Waals surface area contributed by atoms with Crippen molar-refractivity contribution in [2.75, 3.05) is 26.4 Å². The van der Waals surface area contributed by atoms with Crippen LogP contribution in [0.25, 0.3) is 0 Å². The van der Waals surface area contributed by atoms with E-state index in [2.05, 4.69) is 5.32 Å². The van der Waals surface area contributed by atoms with Crippen molar-refractivity contribution in [3.63, 3.8) is 0 Å². The van der Waals surface area contributed by atoms with Gasteiger partial charge < -0.3 is 36.2 Å². The maximum atomic E-state index is 10.9. The standard InChI is InChI=1S/C10H11NO4.C4H11NO3/c12-9(13)6-11-10(14)15-7-8-4-2-1-3-5-8;5-4(1-6,2-7)3-8/h1-5H,6-7H2,(H,11,14)(H,12,13);6-8H,1-3,5H2. The van der Waals surface area contributed by atoms with Crippen LogP contribution < -0.4 is 11.1 Å². The zero-order valence-electron chi connectivity index (χ0n) is 12.5. The lowest BCUT2D eigenvalue weighted by Gasteiger charge is -2.20. The third-order valence-electron chi connectivity index (χ3n) is 2.54. The summed E-state index contributed by atoms with van der Waals surface area (Å²) in [6, 6.07) is 9.13. The summed E-state index contributed by atoms with van der Waals surface area (Å²) in [5, 5.41) is 35.4. The van der Waals surface area contributed by atoms with Gasteiger partial charge in [0.2, 0.25) is 0 Å². The van der Waals surface area contributed by atoms with Gasteiger partial charge in [-0.25, -0.2) is 4.79 Å². The molecule has 0 radical (unpaired) electrons. The lowest BCUT2D eigenvalue weighted by Crippen LogP contribution is -2.50. The highest BCUT2D eigenvalue weighted by Gasteiger charge is 2.20. The van der Waals surface area contributed by atoms with Crippen molar-refractivity contribution < 1.29 is 34.8 Å². The van der Waals surface area contributed by atoms with Crippen LogP contribution in [0.1, 0.15) is 5.56 Å². The molecule has 0 spiro atoms. The molecule has 9 nitrogen and oxygen atoms in total. The number of aliphatic hydroxyl groups is 3. The van der Waals surface area contributed by atoms with Crippen LogP contribution in [0.3, 0.4) is 0 Å². The molecule has 0 fully saturated rings. The van der Waals surface area contributed by atoms with Crippen LogP contribution >= 0.6 is 0 Å². The summed E-state index contributed by atoms with van der Waals surface area (Å²) in [4.78, 5) is 21.0. The highest BCUT2D eigenvalue weighted by molar-refractivity contribution is 5.76. The maximum absolute atomic E-state index is 10.9. The van der Waals surface area contributed by atoms with Crippen LogP contribution in [0, 0.1) is 0 Å². The summed E-state index contributed by atoms with van der Waals surface area (Å²) in [5.74, 6) is -1.10. The number of nitrogens with one attached hydrogen (secondary N) is 1. The van der Waals surface area contributed by atoms with Crippen molar-refractivity contribution in [2.45, 2.75) is 12.1 Å². The number of benzene rings is 1. The smallest absolute Gasteiger partial charge is 0.407 e. The second-order valence-electron chi connectivity index (χ2n) is 4.65. The molecule has 0 aliphatic carbocycles. The van der Waals surface area contributed by atoms with E-state index in [4.69, 9.17) is 30.9 Å². The molecule has 9 heteroatoms. The number of carbonyl (C=O) groups is 2. The summed E-state index contributed by atoms with van der Waals surface area (Å²) in [5.41, 5.74) is 4.79. The normalized spacial score (nSPS) is 10.3. The van der Waals surface area contributed by atoms with Gasteiger partial charge in [0.05, 0.1) is 25.4 Å². The van der Waals surface area contributed by atoms with E-state index < -0.39 is 44.0 Å². The minimum Gasteiger partial charge on any atom is -0.480 e. The second kappa shape index (κ2) is 11.4. The molecule has 1 rings (SSSR count). The largest absolute Gasteiger partial charge is 0.480 e. The summed E-state index contributed by atoms with van der Waals surface area (Å²) < 4.78 is 4.77. The average molecular weight is 330 g/mol. The number of rotatable bonds is 7. The molecule has 130 valence electrons. The van der Waals surface area contributed by atoms with Gasteiger partial charge in [0.1, 0.15) is 13.2 Å². The molecule has 1 aromatic rings. The summed E-state index contributed by atoms with van der Waals surface area (Å²) >= 11 is 0. The number of ether oxygens (including phenoxy) is 1. The number of aliphatic hydroxyl groups excluding tert-OH is 3. The van der Waals surface area contributed by atoms with Gasteiger partial charge in [-0.3, -0.25) is 4.79 Å². The molecule has 7 N–H and O–H groups in total. The Morgan fingerprint density at radius 3 is 2.00 bits per heavy atom. The molecule has 0 aromatic heterocycles. The fraction of sp³-hybridized carbons (Fsp3) is 0.429. The zero-order chi connectivity index (χ0) is 17.7. The summed E-state index contributed by atoms with van der Waals surface area (Å²) in [6.07, 6.45) is -0.735. The molecule has 0 heterocycles. The molecule has 23 heavy (non-hydrogen) atoms. The molecule has 1 aromatic carbocycles. The fourth-order valence-electron chi connectivity index (χ4n) is 1.07. The molecule has 0 aliphatic rings. The molecule has 0 atom stereocenters. The quantitative estimate of drug-likeness (QED) is 0.358. The van der Waals surface area contributed by atoms with Gasteiger partial charge in [0.15, 0.2) is 0 Å². The van der Waals surface area contributed by atoms with Crippen LogP contribution in [0.15, 0.2) is 30.3 Å². The Kier molecular flexibility index (Phi) is 10.3. The van der Waals surface area contributed by atoms with Crippen LogP contribution in [-0.4, -0.2) is 64.4 Å². The van der Waals surface area contributed by atoms with Crippen molar-refractivity contribution in [1.29, 1.82) is 0 Å². The predicted molar refractivity (Wildman–Crippen MR) is 80.4 cm³/mol. The van der Waals surface area contributed by atoms with Crippen molar-refractivity contribution >= 4 is 12.1 Å². The van der Waals surface area contributed by atoms with Crippen LogP contribution in [0.5, 0.6) is 0 Å². The summed E-state index contributed by atoms with van der Waals surface area (Å²) in [7, 11) is 0. The molecule has 0 aliphatic heterocycles. The van der Waals surface area contributed by atoms with Gasteiger partial charge in [-0.2, -0.15) is 0 Å². The zero-order valence-corrected chi connectivity index (χ0v) is 12.5. The molecular formula is C14H22N2O7. The maximum Gasteiger partial charge on any atom is 0.407 e. The van der Waals surface area contributed by atoms with Gasteiger partial charge in [-0.05, 0) is 5.56 Å². The van der Waals surface area contributed by atoms with Crippen molar-refractivity contribution in [2.24, 2.45) is 5.73 Å². The van der Waals surface area contributed by atoms with Gasteiger partial charge in [-0.1, -0.05) is 30.3 Å². The Hall–Kier alpha value is -2.20. The Bertz CT molecular complexity index is 455. The molecule has 0 saturated heterocycles. The monoisotopic (exact) mass is 330 g/mol. The molecule has 0 bridgehead atoms. The average Bonchev–Trinajstić information content (AvgIpc) is 2.59. The number of carboxylic acid groups (broad SMARTS) is 1. The van der Waals surface area contributed by atoms with E-state index in [0.717, 1.165) is 5.56 Å². The first-order chi connectivity index (χ1) is 10.9. The van der Waals surface area contributed by atoms with E-state index in [1.54, 1.807) is 0 Å². The lowest BCUT2D eigenvalue weighted by atomic mass is 10.1. The third kappa shape index (κ3) is 10.2. The highest BCUT2D eigenvalue weighted by atomic mass is 16.5. The molecule has 1 amide bonds.